The first-order chi connectivity index (χ1) is 24.4. The first kappa shape index (κ1) is 35.1. The van der Waals surface area contributed by atoms with Crippen LogP contribution in [0.25, 0.3) is 11.1 Å². The van der Waals surface area contributed by atoms with Crippen molar-refractivity contribution in [2.75, 3.05) is 13.6 Å². The van der Waals surface area contributed by atoms with Crippen LogP contribution in [0, 0.1) is 5.92 Å². The van der Waals surface area contributed by atoms with Gasteiger partial charge in [-0.15, -0.1) is 0 Å². The van der Waals surface area contributed by atoms with E-state index in [0.717, 1.165) is 45.5 Å². The average Bonchev–Trinajstić information content (AvgIpc) is 3.17. The number of nitrogens with zero attached hydrogens (tertiary/aromatic N) is 1. The summed E-state index contributed by atoms with van der Waals surface area (Å²) in [7, 11) is 2.15. The van der Waals surface area contributed by atoms with E-state index < -0.39 is 6.29 Å². The van der Waals surface area contributed by atoms with Gasteiger partial charge in [0.05, 0.1) is 18.8 Å². The van der Waals surface area contributed by atoms with Crippen molar-refractivity contribution in [1.82, 2.24) is 15.5 Å². The highest BCUT2D eigenvalue weighted by atomic mass is 16.7. The van der Waals surface area contributed by atoms with Crippen molar-refractivity contribution in [2.45, 2.75) is 58.1 Å². The van der Waals surface area contributed by atoms with Gasteiger partial charge >= 0.3 is 6.03 Å². The van der Waals surface area contributed by atoms with Crippen LogP contribution in [-0.4, -0.2) is 35.7 Å². The molecule has 1 fully saturated rings. The molecule has 0 aliphatic carbocycles. The third kappa shape index (κ3) is 8.86. The number of aliphatic hydroxyl groups excluding tert-OH is 1. The summed E-state index contributed by atoms with van der Waals surface area (Å²) in [5, 5.41) is 15.5. The molecule has 7 nitrogen and oxygen atoms in total. The maximum atomic E-state index is 12.5. The maximum Gasteiger partial charge on any atom is 0.315 e. The molecule has 0 bridgehead atoms. The molecule has 258 valence electrons. The van der Waals surface area contributed by atoms with Crippen LogP contribution in [0.15, 0.2) is 133 Å². The van der Waals surface area contributed by atoms with Gasteiger partial charge < -0.3 is 25.2 Å². The molecule has 1 aliphatic heterocycles. The molecular weight excluding hydrogens is 622 g/mol. The van der Waals surface area contributed by atoms with Crippen molar-refractivity contribution in [2.24, 2.45) is 5.92 Å². The number of urea groups is 1. The largest absolute Gasteiger partial charge is 0.392 e. The van der Waals surface area contributed by atoms with Crippen molar-refractivity contribution >= 4 is 6.03 Å². The highest BCUT2D eigenvalue weighted by molar-refractivity contribution is 5.74. The zero-order valence-electron chi connectivity index (χ0n) is 29.0. The van der Waals surface area contributed by atoms with Gasteiger partial charge in [0.25, 0.3) is 0 Å². The standard InChI is InChI=1S/C43H47N3O4/c1-30-40(28-46(3)31(2)35-15-8-5-9-16-35)49-42(50-41(30)36-22-20-33(29-47)21-23-36)39-19-11-18-38(25-39)37-17-10-14-34(24-37)27-45-43(48)44-26-32-12-6-4-7-13-32/h4-25,30-31,40-42,47H,26-29H2,1-3H3,(H2,44,45,48)/t30-,31+,40+,41+,42+/m1/s1. The van der Waals surface area contributed by atoms with Gasteiger partial charge in [0.15, 0.2) is 6.29 Å². The van der Waals surface area contributed by atoms with E-state index in [-0.39, 0.29) is 36.8 Å². The van der Waals surface area contributed by atoms with Crippen LogP contribution >= 0.6 is 0 Å². The predicted molar refractivity (Wildman–Crippen MR) is 198 cm³/mol. The topological polar surface area (TPSA) is 83.1 Å². The van der Waals surface area contributed by atoms with E-state index >= 15 is 0 Å². The van der Waals surface area contributed by atoms with E-state index in [2.05, 4.69) is 103 Å². The van der Waals surface area contributed by atoms with E-state index in [1.807, 2.05) is 66.7 Å². The molecule has 2 amide bonds. The minimum Gasteiger partial charge on any atom is -0.392 e. The number of hydrogen-bond donors (Lipinski definition) is 3. The van der Waals surface area contributed by atoms with Gasteiger partial charge in [-0.25, -0.2) is 4.79 Å². The molecule has 0 radical (unpaired) electrons. The van der Waals surface area contributed by atoms with Gasteiger partial charge in [0.1, 0.15) is 0 Å². The Balaban J connectivity index is 1.18. The predicted octanol–water partition coefficient (Wildman–Crippen LogP) is 8.33. The van der Waals surface area contributed by atoms with Crippen molar-refractivity contribution < 1.29 is 19.4 Å². The number of hydrogen-bond acceptors (Lipinski definition) is 5. The first-order valence-corrected chi connectivity index (χ1v) is 17.4. The molecule has 50 heavy (non-hydrogen) atoms. The molecule has 5 atom stereocenters. The lowest BCUT2D eigenvalue weighted by Gasteiger charge is -2.43. The Morgan fingerprint density at radius 1 is 0.720 bits per heavy atom. The van der Waals surface area contributed by atoms with E-state index in [1.54, 1.807) is 0 Å². The molecule has 0 spiro atoms. The van der Waals surface area contributed by atoms with Crippen molar-refractivity contribution in [3.63, 3.8) is 0 Å². The number of rotatable bonds is 12. The summed E-state index contributed by atoms with van der Waals surface area (Å²) in [4.78, 5) is 14.8. The van der Waals surface area contributed by atoms with Crippen LogP contribution in [0.4, 0.5) is 4.79 Å². The SMILES string of the molecule is C[C@@H]1[C@H](CN(C)[C@@H](C)c2ccccc2)O[C@H](c2cccc(-c3cccc(CNC(=O)NCc4ccccc4)c3)c2)O[C@@H]1c1ccc(CO)cc1. The second-order valence-corrected chi connectivity index (χ2v) is 13.2. The summed E-state index contributed by atoms with van der Waals surface area (Å²) in [5.41, 5.74) is 8.29. The van der Waals surface area contributed by atoms with Gasteiger partial charge in [0, 0.05) is 37.2 Å². The lowest BCUT2D eigenvalue weighted by atomic mass is 9.89. The maximum absolute atomic E-state index is 12.5. The number of carbonyl (C=O) groups is 1. The fourth-order valence-electron chi connectivity index (χ4n) is 6.50. The monoisotopic (exact) mass is 669 g/mol. The molecule has 3 N–H and O–H groups in total. The Labute approximate surface area is 295 Å². The lowest BCUT2D eigenvalue weighted by molar-refractivity contribution is -0.276. The highest BCUT2D eigenvalue weighted by Crippen LogP contribution is 2.42. The number of aliphatic hydroxyl groups is 1. The van der Waals surface area contributed by atoms with E-state index in [9.17, 15) is 9.90 Å². The van der Waals surface area contributed by atoms with Crippen LogP contribution in [-0.2, 0) is 29.2 Å². The minimum atomic E-state index is -0.572. The second-order valence-electron chi connectivity index (χ2n) is 13.2. The van der Waals surface area contributed by atoms with Gasteiger partial charge in [-0.05, 0) is 65.0 Å². The summed E-state index contributed by atoms with van der Waals surface area (Å²) in [6, 6.07) is 45.0. The molecule has 6 rings (SSSR count). The number of benzene rings is 5. The summed E-state index contributed by atoms with van der Waals surface area (Å²) < 4.78 is 13.6. The molecule has 0 aromatic heterocycles. The molecule has 1 heterocycles. The van der Waals surface area contributed by atoms with Crippen LogP contribution in [0.3, 0.4) is 0 Å². The summed E-state index contributed by atoms with van der Waals surface area (Å²) in [6.07, 6.45) is -0.867. The van der Waals surface area contributed by atoms with Gasteiger partial charge in [0.2, 0.25) is 0 Å². The molecule has 5 aromatic rings. The van der Waals surface area contributed by atoms with Crippen molar-refractivity contribution in [1.29, 1.82) is 0 Å². The Bertz CT molecular complexity index is 1820. The van der Waals surface area contributed by atoms with Gasteiger partial charge in [-0.3, -0.25) is 4.90 Å². The van der Waals surface area contributed by atoms with Crippen LogP contribution in [0.2, 0.25) is 0 Å². The number of amides is 2. The lowest BCUT2D eigenvalue weighted by Crippen LogP contribution is -2.44. The normalized spacial score (nSPS) is 19.5. The minimum absolute atomic E-state index is 0.00337. The quantitative estimate of drug-likeness (QED) is 0.124. The van der Waals surface area contributed by atoms with Gasteiger partial charge in [-0.2, -0.15) is 0 Å². The summed E-state index contributed by atoms with van der Waals surface area (Å²) >= 11 is 0. The second kappa shape index (κ2) is 16.7. The third-order valence-electron chi connectivity index (χ3n) is 9.70. The Kier molecular flexibility index (Phi) is 11.7. The summed E-state index contributed by atoms with van der Waals surface area (Å²) in [5.74, 6) is 0.0777. The molecular formula is C43H47N3O4. The zero-order valence-corrected chi connectivity index (χ0v) is 29.0. The summed E-state index contributed by atoms with van der Waals surface area (Å²) in [6.45, 7) is 6.05. The zero-order chi connectivity index (χ0) is 34.9. The van der Waals surface area contributed by atoms with Crippen LogP contribution in [0.1, 0.15) is 65.7 Å². The Morgan fingerprint density at radius 2 is 1.34 bits per heavy atom. The number of likely N-dealkylation sites (N-methyl/N-ethyl adjacent to an activating group) is 1. The number of carbonyl (C=O) groups excluding carboxylic acids is 1. The van der Waals surface area contributed by atoms with Crippen LogP contribution < -0.4 is 10.6 Å². The number of nitrogens with one attached hydrogen (secondary N) is 2. The van der Waals surface area contributed by atoms with E-state index in [4.69, 9.17) is 9.47 Å². The van der Waals surface area contributed by atoms with Crippen molar-refractivity contribution in [3.8, 4) is 11.1 Å². The smallest absolute Gasteiger partial charge is 0.315 e. The Hall–Kier alpha value is -4.79. The van der Waals surface area contributed by atoms with Gasteiger partial charge in [-0.1, -0.05) is 128 Å². The first-order valence-electron chi connectivity index (χ1n) is 17.4. The Morgan fingerprint density at radius 3 is 2.04 bits per heavy atom. The van der Waals surface area contributed by atoms with Crippen LogP contribution in [0.5, 0.6) is 0 Å². The molecule has 1 saturated heterocycles. The number of ether oxygens (including phenoxy) is 2. The molecule has 0 unspecified atom stereocenters. The average molecular weight is 670 g/mol. The third-order valence-corrected chi connectivity index (χ3v) is 9.70. The molecule has 7 heteroatoms. The fourth-order valence-corrected chi connectivity index (χ4v) is 6.50. The van der Waals surface area contributed by atoms with E-state index in [1.165, 1.54) is 5.56 Å². The molecule has 0 saturated carbocycles. The molecule has 5 aromatic carbocycles. The van der Waals surface area contributed by atoms with Crippen molar-refractivity contribution in [3.05, 3.63) is 167 Å². The van der Waals surface area contributed by atoms with E-state index in [0.29, 0.717) is 13.1 Å². The highest BCUT2D eigenvalue weighted by Gasteiger charge is 2.39. The fraction of sp³-hybridized carbons (Fsp3) is 0.279. The molecule has 1 aliphatic rings.